The number of fused-ring (bicyclic) bond motifs is 1. The van der Waals surface area contributed by atoms with E-state index < -0.39 is 18.1 Å². The second-order valence-electron chi connectivity index (χ2n) is 11.0. The molecule has 1 aliphatic heterocycles. The summed E-state index contributed by atoms with van der Waals surface area (Å²) in [7, 11) is 0. The van der Waals surface area contributed by atoms with E-state index in [1.54, 1.807) is 11.6 Å². The Bertz CT molecular complexity index is 1660. The molecule has 45 heavy (non-hydrogen) atoms. The summed E-state index contributed by atoms with van der Waals surface area (Å²) in [5.74, 6) is -0.212. The van der Waals surface area contributed by atoms with Crippen LogP contribution in [0.15, 0.2) is 72.2 Å². The van der Waals surface area contributed by atoms with Crippen LogP contribution >= 0.6 is 11.3 Å². The normalized spacial score (nSPS) is 13.1. The second-order valence-corrected chi connectivity index (χ2v) is 12.0. The molecule has 2 N–H and O–H groups in total. The first-order chi connectivity index (χ1) is 21.8. The summed E-state index contributed by atoms with van der Waals surface area (Å²) in [6.07, 6.45) is 3.61. The number of carboxylic acids is 1. The van der Waals surface area contributed by atoms with Gasteiger partial charge < -0.3 is 24.8 Å². The lowest BCUT2D eigenvalue weighted by atomic mass is 9.91. The van der Waals surface area contributed by atoms with Gasteiger partial charge in [-0.15, -0.1) is 11.3 Å². The van der Waals surface area contributed by atoms with Crippen LogP contribution in [0, 0.1) is 13.8 Å². The molecule has 2 heterocycles. The van der Waals surface area contributed by atoms with Gasteiger partial charge in [-0.2, -0.15) is 0 Å². The third kappa shape index (κ3) is 8.07. The summed E-state index contributed by atoms with van der Waals surface area (Å²) in [5, 5.41) is 14.3. The highest BCUT2D eigenvalue weighted by molar-refractivity contribution is 7.09. The fourth-order valence-corrected chi connectivity index (χ4v) is 6.13. The van der Waals surface area contributed by atoms with Crippen LogP contribution in [-0.2, 0) is 33.8 Å². The van der Waals surface area contributed by atoms with Gasteiger partial charge in [0.05, 0.1) is 11.6 Å². The molecule has 1 aromatic heterocycles. The Hall–Kier alpha value is -4.70. The predicted molar refractivity (Wildman–Crippen MR) is 174 cm³/mol. The van der Waals surface area contributed by atoms with Crippen molar-refractivity contribution in [2.45, 2.75) is 58.6 Å². The number of benzene rings is 3. The largest absolute Gasteiger partial charge is 0.493 e. The molecule has 0 radical (unpaired) electrons. The number of carbonyl (C=O) groups excluding carboxylic acids is 2. The highest BCUT2D eigenvalue weighted by atomic mass is 32.1. The monoisotopic (exact) mass is 627 g/mol. The predicted octanol–water partition coefficient (Wildman–Crippen LogP) is 6.49. The summed E-state index contributed by atoms with van der Waals surface area (Å²) in [5.41, 5.74) is 7.10. The van der Waals surface area contributed by atoms with Crippen LogP contribution in [0.3, 0.4) is 0 Å². The topological polar surface area (TPSA) is 118 Å². The number of aryl methyl sites for hydroxylation is 1. The van der Waals surface area contributed by atoms with Gasteiger partial charge in [0.25, 0.3) is 0 Å². The van der Waals surface area contributed by atoms with Gasteiger partial charge in [-0.3, -0.25) is 4.79 Å². The van der Waals surface area contributed by atoms with Crippen LogP contribution < -0.4 is 15.0 Å². The minimum absolute atomic E-state index is 0.0208. The van der Waals surface area contributed by atoms with E-state index in [1.165, 1.54) is 16.9 Å². The zero-order valence-corrected chi connectivity index (χ0v) is 26.3. The third-order valence-corrected chi connectivity index (χ3v) is 8.76. The van der Waals surface area contributed by atoms with Gasteiger partial charge in [0.15, 0.2) is 0 Å². The molecule has 1 aliphatic rings. The van der Waals surface area contributed by atoms with E-state index in [4.69, 9.17) is 9.47 Å². The van der Waals surface area contributed by atoms with Gasteiger partial charge in [-0.1, -0.05) is 42.5 Å². The van der Waals surface area contributed by atoms with E-state index >= 15 is 0 Å². The molecule has 5 rings (SSSR count). The van der Waals surface area contributed by atoms with E-state index in [0.717, 1.165) is 52.1 Å². The number of ether oxygens (including phenoxy) is 2. The molecular weight excluding hydrogens is 590 g/mol. The van der Waals surface area contributed by atoms with E-state index in [9.17, 15) is 19.5 Å². The average molecular weight is 628 g/mol. The number of alkyl carbamates (subject to hydrolysis) is 1. The first kappa shape index (κ1) is 31.7. The lowest BCUT2D eigenvalue weighted by Gasteiger charge is -2.31. The van der Waals surface area contributed by atoms with Crippen molar-refractivity contribution < 1.29 is 29.0 Å². The first-order valence-electron chi connectivity index (χ1n) is 15.0. The smallest absolute Gasteiger partial charge is 0.408 e. The number of aromatic nitrogens is 1. The molecule has 3 aromatic carbocycles. The SMILES string of the molecule is Cc1cccc(OCCCC(=O)N2CCCc3c(-c4cccc(COC(=O)NC(Cc5nccs5)C(=O)O)c4)cccc32)c1C. The lowest BCUT2D eigenvalue weighted by molar-refractivity contribution is -0.139. The Labute approximate surface area is 266 Å². The molecule has 1 unspecified atom stereocenters. The number of nitrogens with one attached hydrogen (secondary N) is 1. The van der Waals surface area contributed by atoms with Crippen LogP contribution in [0.2, 0.25) is 0 Å². The summed E-state index contributed by atoms with van der Waals surface area (Å²) in [6, 6.07) is 18.6. The number of carbonyl (C=O) groups is 3. The van der Waals surface area contributed by atoms with Gasteiger partial charge in [0.2, 0.25) is 5.91 Å². The maximum absolute atomic E-state index is 13.3. The van der Waals surface area contributed by atoms with Gasteiger partial charge in [-0.25, -0.2) is 14.6 Å². The van der Waals surface area contributed by atoms with Crippen LogP contribution in [0.4, 0.5) is 10.5 Å². The molecule has 1 atom stereocenters. The van der Waals surface area contributed by atoms with Gasteiger partial charge in [-0.05, 0) is 84.7 Å². The first-order valence-corrected chi connectivity index (χ1v) is 15.9. The Kier molecular flexibility index (Phi) is 10.5. The molecule has 0 aliphatic carbocycles. The number of hydrogen-bond acceptors (Lipinski definition) is 7. The van der Waals surface area contributed by atoms with Gasteiger partial charge >= 0.3 is 12.1 Å². The molecule has 0 saturated heterocycles. The van der Waals surface area contributed by atoms with Crippen molar-refractivity contribution in [2.75, 3.05) is 18.1 Å². The minimum atomic E-state index is -1.16. The van der Waals surface area contributed by atoms with Crippen molar-refractivity contribution in [1.82, 2.24) is 10.3 Å². The third-order valence-electron chi connectivity index (χ3n) is 7.96. The van der Waals surface area contributed by atoms with Crippen molar-refractivity contribution in [3.05, 3.63) is 99.5 Å². The lowest BCUT2D eigenvalue weighted by Crippen LogP contribution is -2.42. The number of carboxylic acid groups (broad SMARTS) is 1. The number of aliphatic carboxylic acids is 1. The van der Waals surface area contributed by atoms with E-state index in [2.05, 4.69) is 23.3 Å². The van der Waals surface area contributed by atoms with E-state index in [0.29, 0.717) is 31.0 Å². The Morgan fingerprint density at radius 1 is 1.09 bits per heavy atom. The molecule has 9 nitrogen and oxygen atoms in total. The molecule has 0 spiro atoms. The summed E-state index contributed by atoms with van der Waals surface area (Å²) in [4.78, 5) is 43.4. The Morgan fingerprint density at radius 2 is 1.91 bits per heavy atom. The van der Waals surface area contributed by atoms with Crippen molar-refractivity contribution in [1.29, 1.82) is 0 Å². The molecule has 4 aromatic rings. The summed E-state index contributed by atoms with van der Waals surface area (Å²) in [6.45, 7) is 5.23. The van der Waals surface area contributed by atoms with Gasteiger partial charge in [0, 0.05) is 36.7 Å². The molecule has 2 amide bonds. The zero-order valence-electron chi connectivity index (χ0n) is 25.5. The van der Waals surface area contributed by atoms with Crippen LogP contribution in [0.5, 0.6) is 5.75 Å². The standard InChI is InChI=1S/C35H37N3O6S/c1-23-8-3-14-31(24(23)2)43-18-7-15-33(39)38-17-6-12-28-27(11-5-13-30(28)38)26-10-4-9-25(20-26)22-44-35(42)37-29(34(40)41)21-32-36-16-19-45-32/h3-5,8-11,13-14,16,19-20,29H,6-7,12,15,17-18,21-22H2,1-2H3,(H,37,42)(H,40,41). The van der Waals surface area contributed by atoms with Crippen LogP contribution in [0.25, 0.3) is 11.1 Å². The van der Waals surface area contributed by atoms with Gasteiger partial charge in [0.1, 0.15) is 18.4 Å². The fraction of sp³-hybridized carbons (Fsp3) is 0.314. The number of amides is 2. The van der Waals surface area contributed by atoms with Crippen molar-refractivity contribution >= 4 is 35.0 Å². The summed E-state index contributed by atoms with van der Waals surface area (Å²) < 4.78 is 11.3. The second kappa shape index (κ2) is 14.9. The highest BCUT2D eigenvalue weighted by Crippen LogP contribution is 2.36. The van der Waals surface area contributed by atoms with E-state index in [1.807, 2.05) is 66.4 Å². The molecule has 0 saturated carbocycles. The highest BCUT2D eigenvalue weighted by Gasteiger charge is 2.25. The quantitative estimate of drug-likeness (QED) is 0.173. The number of thiazole rings is 1. The number of rotatable bonds is 12. The van der Waals surface area contributed by atoms with Crippen LogP contribution in [-0.4, -0.2) is 47.3 Å². The number of anilines is 1. The van der Waals surface area contributed by atoms with Crippen LogP contribution in [0.1, 0.15) is 46.5 Å². The zero-order chi connectivity index (χ0) is 31.8. The molecule has 0 fully saturated rings. The minimum Gasteiger partial charge on any atom is -0.493 e. The Morgan fingerprint density at radius 3 is 2.71 bits per heavy atom. The molecule has 234 valence electrons. The Balaban J connectivity index is 1.20. The maximum Gasteiger partial charge on any atom is 0.408 e. The fourth-order valence-electron chi connectivity index (χ4n) is 5.47. The van der Waals surface area contributed by atoms with Crippen molar-refractivity contribution in [2.24, 2.45) is 0 Å². The molecule has 0 bridgehead atoms. The van der Waals surface area contributed by atoms with Crippen molar-refractivity contribution in [3.63, 3.8) is 0 Å². The summed E-state index contributed by atoms with van der Waals surface area (Å²) >= 11 is 1.33. The van der Waals surface area contributed by atoms with Crippen molar-refractivity contribution in [3.8, 4) is 16.9 Å². The molecular formula is C35H37N3O6S. The molecule has 10 heteroatoms. The van der Waals surface area contributed by atoms with E-state index in [-0.39, 0.29) is 18.9 Å². The average Bonchev–Trinajstić information content (AvgIpc) is 3.56. The number of nitrogens with zero attached hydrogens (tertiary/aromatic N) is 2. The number of hydrogen-bond donors (Lipinski definition) is 2. The maximum atomic E-state index is 13.3.